The maximum Gasteiger partial charge on any atom is 0.317 e. The summed E-state index contributed by atoms with van der Waals surface area (Å²) in [6.07, 6.45) is 4.41. The van der Waals surface area contributed by atoms with Gasteiger partial charge in [-0.15, -0.1) is 0 Å². The lowest BCUT2D eigenvalue weighted by Crippen LogP contribution is -2.52. The van der Waals surface area contributed by atoms with Gasteiger partial charge in [-0.05, 0) is 37.5 Å². The molecule has 1 saturated carbocycles. The summed E-state index contributed by atoms with van der Waals surface area (Å²) in [5.41, 5.74) is -0.702. The number of nitrogens with zero attached hydrogens (tertiary/aromatic N) is 1. The van der Waals surface area contributed by atoms with Crippen molar-refractivity contribution >= 4 is 12.0 Å². The lowest BCUT2D eigenvalue weighted by molar-refractivity contribution is -0.153. The number of aliphatic carboxylic acids is 1. The Morgan fingerprint density at radius 2 is 1.90 bits per heavy atom. The summed E-state index contributed by atoms with van der Waals surface area (Å²) in [4.78, 5) is 25.2. The zero-order valence-electron chi connectivity index (χ0n) is 12.5. The Balaban J connectivity index is 1.77. The van der Waals surface area contributed by atoms with Gasteiger partial charge in [-0.2, -0.15) is 0 Å². The van der Waals surface area contributed by atoms with Crippen LogP contribution in [0.1, 0.15) is 46.0 Å². The molecule has 2 rings (SSSR count). The van der Waals surface area contributed by atoms with Crippen molar-refractivity contribution in [3.8, 4) is 0 Å². The molecule has 5 heteroatoms. The molecule has 1 heterocycles. The molecule has 2 aliphatic rings. The first-order valence-corrected chi connectivity index (χ1v) is 7.71. The number of rotatable bonds is 4. The fourth-order valence-corrected chi connectivity index (χ4v) is 3.20. The average molecular weight is 282 g/mol. The second-order valence-electron chi connectivity index (χ2n) is 6.67. The molecular formula is C15H26N2O3. The van der Waals surface area contributed by atoms with Gasteiger partial charge in [0.1, 0.15) is 0 Å². The molecule has 2 fully saturated rings. The van der Waals surface area contributed by atoms with Crippen molar-refractivity contribution < 1.29 is 14.7 Å². The third-order valence-electron chi connectivity index (χ3n) is 5.11. The van der Waals surface area contributed by atoms with Crippen molar-refractivity contribution in [1.29, 1.82) is 0 Å². The number of piperidine rings is 1. The van der Waals surface area contributed by atoms with Crippen LogP contribution >= 0.6 is 0 Å². The number of carbonyl (C=O) groups excluding carboxylic acids is 1. The summed E-state index contributed by atoms with van der Waals surface area (Å²) < 4.78 is 0. The Hall–Kier alpha value is -1.26. The number of nitrogens with one attached hydrogen (secondary N) is 1. The summed E-state index contributed by atoms with van der Waals surface area (Å²) in [5.74, 6) is 0.601. The highest BCUT2D eigenvalue weighted by atomic mass is 16.4. The SMILES string of the molecule is CC(C)C1CCN(C(=O)NCC2(C(=O)O)CCC2)CC1. The molecule has 0 aromatic heterocycles. The molecule has 2 N–H and O–H groups in total. The van der Waals surface area contributed by atoms with E-state index in [1.807, 2.05) is 4.90 Å². The summed E-state index contributed by atoms with van der Waals surface area (Å²) in [5, 5.41) is 12.1. The third-order valence-corrected chi connectivity index (χ3v) is 5.11. The lowest BCUT2D eigenvalue weighted by Gasteiger charge is -2.39. The predicted octanol–water partition coefficient (Wildman–Crippen LogP) is 2.32. The van der Waals surface area contributed by atoms with Gasteiger partial charge >= 0.3 is 12.0 Å². The van der Waals surface area contributed by atoms with Crippen molar-refractivity contribution in [3.63, 3.8) is 0 Å². The van der Waals surface area contributed by atoms with Gasteiger partial charge in [0.05, 0.1) is 5.41 Å². The number of amides is 2. The molecule has 1 aliphatic heterocycles. The number of hydrogen-bond donors (Lipinski definition) is 2. The normalized spacial score (nSPS) is 22.4. The van der Waals surface area contributed by atoms with Gasteiger partial charge in [0.25, 0.3) is 0 Å². The molecule has 0 spiro atoms. The highest BCUT2D eigenvalue weighted by Gasteiger charge is 2.44. The highest BCUT2D eigenvalue weighted by Crippen LogP contribution is 2.40. The minimum Gasteiger partial charge on any atom is -0.481 e. The molecule has 0 radical (unpaired) electrons. The van der Waals surface area contributed by atoms with Crippen molar-refractivity contribution in [1.82, 2.24) is 10.2 Å². The second kappa shape index (κ2) is 6.02. The van der Waals surface area contributed by atoms with Crippen molar-refractivity contribution in [3.05, 3.63) is 0 Å². The second-order valence-corrected chi connectivity index (χ2v) is 6.67. The van der Waals surface area contributed by atoms with Gasteiger partial charge in [0.15, 0.2) is 0 Å². The highest BCUT2D eigenvalue weighted by molar-refractivity contribution is 5.79. The van der Waals surface area contributed by atoms with Crippen LogP contribution in [0.5, 0.6) is 0 Å². The van der Waals surface area contributed by atoms with E-state index in [2.05, 4.69) is 19.2 Å². The van der Waals surface area contributed by atoms with Crippen LogP contribution in [-0.4, -0.2) is 41.6 Å². The molecule has 114 valence electrons. The fraction of sp³-hybridized carbons (Fsp3) is 0.867. The summed E-state index contributed by atoms with van der Waals surface area (Å²) >= 11 is 0. The Kier molecular flexibility index (Phi) is 4.55. The topological polar surface area (TPSA) is 69.6 Å². The van der Waals surface area contributed by atoms with E-state index in [0.29, 0.717) is 24.7 Å². The van der Waals surface area contributed by atoms with Crippen LogP contribution in [0.25, 0.3) is 0 Å². The van der Waals surface area contributed by atoms with Crippen LogP contribution < -0.4 is 5.32 Å². The van der Waals surface area contributed by atoms with Gasteiger partial charge in [-0.25, -0.2) is 4.79 Å². The maximum atomic E-state index is 12.1. The third kappa shape index (κ3) is 3.07. The minimum atomic E-state index is -0.775. The van der Waals surface area contributed by atoms with E-state index in [4.69, 9.17) is 0 Å². The summed E-state index contributed by atoms with van der Waals surface area (Å²) in [6.45, 7) is 6.30. The molecule has 1 aliphatic carbocycles. The van der Waals surface area contributed by atoms with Crippen molar-refractivity contribution in [2.45, 2.75) is 46.0 Å². The van der Waals surface area contributed by atoms with E-state index in [1.165, 1.54) is 0 Å². The smallest absolute Gasteiger partial charge is 0.317 e. The number of carboxylic acids is 1. The average Bonchev–Trinajstić information content (AvgIpc) is 2.36. The Labute approximate surface area is 120 Å². The molecule has 0 unspecified atom stereocenters. The lowest BCUT2D eigenvalue weighted by atomic mass is 9.69. The van der Waals surface area contributed by atoms with Crippen LogP contribution in [0.2, 0.25) is 0 Å². The zero-order chi connectivity index (χ0) is 14.8. The largest absolute Gasteiger partial charge is 0.481 e. The predicted molar refractivity (Wildman–Crippen MR) is 76.5 cm³/mol. The van der Waals surface area contributed by atoms with Crippen molar-refractivity contribution in [2.24, 2.45) is 17.3 Å². The van der Waals surface area contributed by atoms with E-state index in [-0.39, 0.29) is 12.6 Å². The van der Waals surface area contributed by atoms with E-state index < -0.39 is 11.4 Å². The fourth-order valence-electron chi connectivity index (χ4n) is 3.20. The van der Waals surface area contributed by atoms with E-state index in [9.17, 15) is 14.7 Å². The number of carbonyl (C=O) groups is 2. The molecule has 0 bridgehead atoms. The van der Waals surface area contributed by atoms with E-state index in [1.54, 1.807) is 0 Å². The minimum absolute atomic E-state index is 0.0975. The molecule has 0 atom stereocenters. The first-order chi connectivity index (χ1) is 9.44. The number of carboxylic acid groups (broad SMARTS) is 1. The van der Waals surface area contributed by atoms with Gasteiger partial charge in [-0.1, -0.05) is 20.3 Å². The van der Waals surface area contributed by atoms with Gasteiger partial charge < -0.3 is 15.3 Å². The Morgan fingerprint density at radius 3 is 2.30 bits per heavy atom. The van der Waals surface area contributed by atoms with Crippen LogP contribution in [0, 0.1) is 17.3 Å². The maximum absolute atomic E-state index is 12.1. The van der Waals surface area contributed by atoms with Crippen LogP contribution in [0.4, 0.5) is 4.79 Å². The molecule has 1 saturated heterocycles. The summed E-state index contributed by atoms with van der Waals surface area (Å²) in [6, 6.07) is -0.0975. The standard InChI is InChI=1S/C15H26N2O3/c1-11(2)12-4-8-17(9-5-12)14(20)16-10-15(13(18)19)6-3-7-15/h11-12H,3-10H2,1-2H3,(H,16,20)(H,18,19). The molecular weight excluding hydrogens is 256 g/mol. The van der Waals surface area contributed by atoms with Crippen LogP contribution in [0.3, 0.4) is 0 Å². The van der Waals surface area contributed by atoms with Crippen LogP contribution in [0.15, 0.2) is 0 Å². The van der Waals surface area contributed by atoms with Gasteiger partial charge in [0.2, 0.25) is 0 Å². The van der Waals surface area contributed by atoms with Gasteiger partial charge in [-0.3, -0.25) is 4.79 Å². The first kappa shape index (κ1) is 15.1. The Morgan fingerprint density at radius 1 is 1.30 bits per heavy atom. The zero-order valence-corrected chi connectivity index (χ0v) is 12.5. The van der Waals surface area contributed by atoms with Gasteiger partial charge in [0, 0.05) is 19.6 Å². The number of likely N-dealkylation sites (tertiary alicyclic amines) is 1. The number of hydrogen-bond acceptors (Lipinski definition) is 2. The van der Waals surface area contributed by atoms with E-state index in [0.717, 1.165) is 32.4 Å². The molecule has 5 nitrogen and oxygen atoms in total. The van der Waals surface area contributed by atoms with Crippen LogP contribution in [-0.2, 0) is 4.79 Å². The monoisotopic (exact) mass is 282 g/mol. The first-order valence-electron chi connectivity index (χ1n) is 7.71. The molecule has 2 amide bonds. The molecule has 0 aromatic carbocycles. The molecule has 20 heavy (non-hydrogen) atoms. The summed E-state index contributed by atoms with van der Waals surface area (Å²) in [7, 11) is 0. The van der Waals surface area contributed by atoms with E-state index >= 15 is 0 Å². The van der Waals surface area contributed by atoms with Crippen molar-refractivity contribution in [2.75, 3.05) is 19.6 Å². The number of urea groups is 1. The molecule has 0 aromatic rings. The Bertz CT molecular complexity index is 369. The quantitative estimate of drug-likeness (QED) is 0.831.